The molecule has 1 fully saturated rings. The van der Waals surface area contributed by atoms with E-state index < -0.39 is 0 Å². The minimum absolute atomic E-state index is 0.0985. The molecule has 1 saturated heterocycles. The van der Waals surface area contributed by atoms with Gasteiger partial charge in [-0.3, -0.25) is 9.69 Å². The molecule has 66 valence electrons. The number of carbonyl (C=O) groups is 2. The fourth-order valence-electron chi connectivity index (χ4n) is 1.13. The van der Waals surface area contributed by atoms with Gasteiger partial charge in [0.05, 0.1) is 6.54 Å². The quantitative estimate of drug-likeness (QED) is 0.610. The molecule has 4 nitrogen and oxygen atoms in total. The molecule has 4 heteroatoms. The number of nitrogens with zero attached hydrogens (tertiary/aromatic N) is 1. The maximum Gasteiger partial charge on any atom is 0.324 e. The van der Waals surface area contributed by atoms with Gasteiger partial charge in [0.1, 0.15) is 0 Å². The minimum Gasteiger partial charge on any atom is -0.333 e. The van der Waals surface area contributed by atoms with Gasteiger partial charge in [-0.15, -0.1) is 0 Å². The lowest BCUT2D eigenvalue weighted by Gasteiger charge is -2.08. The number of amides is 3. The van der Waals surface area contributed by atoms with Gasteiger partial charge in [0, 0.05) is 6.04 Å². The van der Waals surface area contributed by atoms with E-state index in [0.717, 1.165) is 12.5 Å². The van der Waals surface area contributed by atoms with Crippen LogP contribution < -0.4 is 5.32 Å². The molecule has 0 spiro atoms. The monoisotopic (exact) mass is 168 g/mol. The van der Waals surface area contributed by atoms with Crippen molar-refractivity contribution in [2.24, 2.45) is 0 Å². The molecule has 0 aromatic rings. The molecule has 1 atom stereocenters. The van der Waals surface area contributed by atoms with E-state index in [1.165, 1.54) is 4.90 Å². The van der Waals surface area contributed by atoms with E-state index in [-0.39, 0.29) is 18.0 Å². The van der Waals surface area contributed by atoms with Crippen molar-refractivity contribution in [1.82, 2.24) is 10.2 Å². The first kappa shape index (κ1) is 8.77. The molecule has 1 N–H and O–H groups in total. The van der Waals surface area contributed by atoms with E-state index in [4.69, 9.17) is 0 Å². The van der Waals surface area contributed by atoms with Crippen LogP contribution in [-0.2, 0) is 4.79 Å². The summed E-state index contributed by atoms with van der Waals surface area (Å²) in [5, 5.41) is 2.69. The number of hydrogen-bond acceptors (Lipinski definition) is 2. The van der Waals surface area contributed by atoms with Crippen LogP contribution in [0.1, 0.15) is 13.3 Å². The summed E-state index contributed by atoms with van der Waals surface area (Å²) in [5.41, 5.74) is 0. The molecule has 1 heterocycles. The summed E-state index contributed by atoms with van der Waals surface area (Å²) < 4.78 is 0. The molecule has 12 heavy (non-hydrogen) atoms. The van der Waals surface area contributed by atoms with E-state index in [2.05, 4.69) is 11.9 Å². The Morgan fingerprint density at radius 3 is 3.00 bits per heavy atom. The van der Waals surface area contributed by atoms with Crippen molar-refractivity contribution in [3.8, 4) is 0 Å². The molecule has 0 aliphatic carbocycles. The van der Waals surface area contributed by atoms with Gasteiger partial charge >= 0.3 is 6.03 Å². The highest BCUT2D eigenvalue weighted by Crippen LogP contribution is 2.06. The van der Waals surface area contributed by atoms with Crippen LogP contribution in [0.2, 0.25) is 0 Å². The van der Waals surface area contributed by atoms with Gasteiger partial charge < -0.3 is 5.32 Å². The second-order valence-corrected chi connectivity index (χ2v) is 2.71. The maximum atomic E-state index is 11.1. The summed E-state index contributed by atoms with van der Waals surface area (Å²) in [6, 6.07) is -0.215. The van der Waals surface area contributed by atoms with Gasteiger partial charge in [-0.2, -0.15) is 0 Å². The Bertz CT molecular complexity index is 225. The van der Waals surface area contributed by atoms with E-state index in [1.54, 1.807) is 0 Å². The van der Waals surface area contributed by atoms with E-state index >= 15 is 0 Å². The van der Waals surface area contributed by atoms with Crippen LogP contribution in [0.25, 0.3) is 0 Å². The van der Waals surface area contributed by atoms with E-state index in [0.29, 0.717) is 6.54 Å². The van der Waals surface area contributed by atoms with Crippen LogP contribution in [0, 0.1) is 0 Å². The van der Waals surface area contributed by atoms with Gasteiger partial charge in [0.2, 0.25) is 0 Å². The molecule has 1 unspecified atom stereocenters. The van der Waals surface area contributed by atoms with Gasteiger partial charge in [-0.25, -0.2) is 4.79 Å². The molecule has 1 aliphatic heterocycles. The third-order valence-electron chi connectivity index (χ3n) is 1.91. The Morgan fingerprint density at radius 1 is 1.92 bits per heavy atom. The second kappa shape index (κ2) is 3.38. The van der Waals surface area contributed by atoms with Gasteiger partial charge in [0.25, 0.3) is 5.91 Å². The molecule has 0 bridgehead atoms. The Morgan fingerprint density at radius 2 is 2.58 bits per heavy atom. The van der Waals surface area contributed by atoms with Gasteiger partial charge in [-0.05, 0) is 12.5 Å². The number of imide groups is 1. The third kappa shape index (κ3) is 1.47. The number of hydrogen-bond donors (Lipinski definition) is 1. The van der Waals surface area contributed by atoms with Crippen molar-refractivity contribution in [2.75, 3.05) is 6.54 Å². The first-order chi connectivity index (χ1) is 5.69. The molecule has 1 rings (SSSR count). The summed E-state index contributed by atoms with van der Waals surface area (Å²) in [5.74, 6) is -0.330. The van der Waals surface area contributed by atoms with Gasteiger partial charge in [-0.1, -0.05) is 13.5 Å². The maximum absolute atomic E-state index is 11.1. The minimum atomic E-state index is -0.330. The summed E-state index contributed by atoms with van der Waals surface area (Å²) >= 11 is 0. The zero-order chi connectivity index (χ0) is 9.14. The van der Waals surface area contributed by atoms with E-state index in [1.807, 2.05) is 6.92 Å². The summed E-state index contributed by atoms with van der Waals surface area (Å²) in [6.07, 6.45) is 1.99. The SMILES string of the molecule is C=CC(=O)N1CC(CC)NC1=O. The Labute approximate surface area is 71.2 Å². The predicted molar refractivity (Wildman–Crippen MR) is 44.5 cm³/mol. The second-order valence-electron chi connectivity index (χ2n) is 2.71. The largest absolute Gasteiger partial charge is 0.333 e. The van der Waals surface area contributed by atoms with Crippen LogP contribution in [0.3, 0.4) is 0 Å². The average Bonchev–Trinajstić information content (AvgIpc) is 2.45. The smallest absolute Gasteiger partial charge is 0.324 e. The van der Waals surface area contributed by atoms with Crippen molar-refractivity contribution in [1.29, 1.82) is 0 Å². The molecular weight excluding hydrogens is 156 g/mol. The highest BCUT2D eigenvalue weighted by atomic mass is 16.2. The highest BCUT2D eigenvalue weighted by molar-refractivity contribution is 6.01. The lowest BCUT2D eigenvalue weighted by molar-refractivity contribution is -0.122. The van der Waals surface area contributed by atoms with Gasteiger partial charge in [0.15, 0.2) is 0 Å². The summed E-state index contributed by atoms with van der Waals surface area (Å²) in [7, 11) is 0. The van der Waals surface area contributed by atoms with Crippen LogP contribution in [0.4, 0.5) is 4.79 Å². The third-order valence-corrected chi connectivity index (χ3v) is 1.91. The number of urea groups is 1. The normalized spacial score (nSPS) is 22.2. The van der Waals surface area contributed by atoms with Crippen molar-refractivity contribution in [3.05, 3.63) is 12.7 Å². The predicted octanol–water partition coefficient (Wildman–Crippen LogP) is 0.503. The van der Waals surface area contributed by atoms with Crippen molar-refractivity contribution in [3.63, 3.8) is 0 Å². The highest BCUT2D eigenvalue weighted by Gasteiger charge is 2.30. The summed E-state index contributed by atoms with van der Waals surface area (Å²) in [4.78, 5) is 23.3. The van der Waals surface area contributed by atoms with Crippen LogP contribution in [-0.4, -0.2) is 29.4 Å². The number of nitrogens with one attached hydrogen (secondary N) is 1. The molecule has 0 saturated carbocycles. The van der Waals surface area contributed by atoms with Crippen LogP contribution in [0.15, 0.2) is 12.7 Å². The topological polar surface area (TPSA) is 49.4 Å². The van der Waals surface area contributed by atoms with Crippen molar-refractivity contribution < 1.29 is 9.59 Å². The summed E-state index contributed by atoms with van der Waals surface area (Å²) in [6.45, 7) is 5.74. The van der Waals surface area contributed by atoms with Crippen molar-refractivity contribution in [2.45, 2.75) is 19.4 Å². The molecule has 3 amide bonds. The lowest BCUT2D eigenvalue weighted by atomic mass is 10.2. The first-order valence-electron chi connectivity index (χ1n) is 3.93. The fraction of sp³-hybridized carbons (Fsp3) is 0.500. The zero-order valence-corrected chi connectivity index (χ0v) is 7.04. The molecular formula is C8H12N2O2. The standard InChI is InChI=1S/C8H12N2O2/c1-3-6-5-10(7(11)4-2)8(12)9-6/h4,6H,2-3,5H2,1H3,(H,9,12). The van der Waals surface area contributed by atoms with Crippen LogP contribution in [0.5, 0.6) is 0 Å². The molecule has 0 aromatic heterocycles. The number of carbonyl (C=O) groups excluding carboxylic acids is 2. The lowest BCUT2D eigenvalue weighted by Crippen LogP contribution is -2.32. The first-order valence-corrected chi connectivity index (χ1v) is 3.93. The molecule has 0 radical (unpaired) electrons. The van der Waals surface area contributed by atoms with Crippen LogP contribution >= 0.6 is 0 Å². The molecule has 1 aliphatic rings. The van der Waals surface area contributed by atoms with E-state index in [9.17, 15) is 9.59 Å². The molecule has 0 aromatic carbocycles. The fourth-order valence-corrected chi connectivity index (χ4v) is 1.13. The Hall–Kier alpha value is -1.32. The Balaban J connectivity index is 2.63. The average molecular weight is 168 g/mol. The zero-order valence-electron chi connectivity index (χ0n) is 7.04. The Kier molecular flexibility index (Phi) is 2.47. The number of rotatable bonds is 2. The van der Waals surface area contributed by atoms with Crippen molar-refractivity contribution >= 4 is 11.9 Å².